The number of carboxylic acid groups (broad SMARTS) is 2. The maximum atomic E-state index is 10.8. The van der Waals surface area contributed by atoms with Crippen molar-refractivity contribution in [3.05, 3.63) is 41.5 Å². The van der Waals surface area contributed by atoms with E-state index in [9.17, 15) is 9.59 Å². The summed E-state index contributed by atoms with van der Waals surface area (Å²) < 4.78 is 0. The maximum absolute atomic E-state index is 10.8. The Kier molecular flexibility index (Phi) is 2.44. The second-order valence-corrected chi connectivity index (χ2v) is 3.61. The molecule has 0 unspecified atom stereocenters. The highest BCUT2D eigenvalue weighted by Crippen LogP contribution is 2.24. The van der Waals surface area contributed by atoms with Gasteiger partial charge in [-0.1, -0.05) is 6.07 Å². The zero-order valence-corrected chi connectivity index (χ0v) is 8.68. The lowest BCUT2D eigenvalue weighted by Crippen LogP contribution is -2.00. The van der Waals surface area contributed by atoms with Crippen LogP contribution in [0.3, 0.4) is 0 Å². The van der Waals surface area contributed by atoms with Gasteiger partial charge in [-0.05, 0) is 29.7 Å². The topological polar surface area (TPSA) is 101 Å². The van der Waals surface area contributed by atoms with E-state index in [4.69, 9.17) is 15.9 Å². The number of carboxylic acids is 2. The third-order valence-corrected chi connectivity index (χ3v) is 2.48. The summed E-state index contributed by atoms with van der Waals surface area (Å²) >= 11 is 0. The zero-order chi connectivity index (χ0) is 12.6. The SMILES string of the molecule is Nc1cc(C(=O)O)cc2cc(C(=O)O)ccc12. The number of aromatic carboxylic acids is 2. The maximum Gasteiger partial charge on any atom is 0.335 e. The third kappa shape index (κ3) is 1.90. The van der Waals surface area contributed by atoms with Crippen LogP contribution < -0.4 is 5.73 Å². The molecule has 4 N–H and O–H groups in total. The van der Waals surface area contributed by atoms with Gasteiger partial charge in [0.25, 0.3) is 0 Å². The summed E-state index contributed by atoms with van der Waals surface area (Å²) in [6, 6.07) is 7.16. The Bertz CT molecular complexity index is 628. The van der Waals surface area contributed by atoms with Crippen LogP contribution in [0.25, 0.3) is 10.8 Å². The average molecular weight is 231 g/mol. The predicted octanol–water partition coefficient (Wildman–Crippen LogP) is 1.82. The number of hydrogen-bond donors (Lipinski definition) is 3. The molecule has 0 heterocycles. The van der Waals surface area contributed by atoms with Crippen LogP contribution in [0.4, 0.5) is 5.69 Å². The Morgan fingerprint density at radius 2 is 1.53 bits per heavy atom. The summed E-state index contributed by atoms with van der Waals surface area (Å²) in [5.41, 5.74) is 6.16. The molecule has 0 saturated heterocycles. The molecule has 2 rings (SSSR count). The minimum Gasteiger partial charge on any atom is -0.478 e. The standard InChI is InChI=1S/C12H9NO4/c13-10-5-8(12(16)17)4-7-3-6(11(14)15)1-2-9(7)10/h1-5H,13H2,(H,14,15)(H,16,17). The van der Waals surface area contributed by atoms with E-state index in [-0.39, 0.29) is 11.1 Å². The Hall–Kier alpha value is -2.56. The predicted molar refractivity (Wildman–Crippen MR) is 62.3 cm³/mol. The molecule has 0 aliphatic carbocycles. The molecule has 2 aromatic carbocycles. The highest BCUT2D eigenvalue weighted by molar-refractivity contribution is 6.03. The summed E-state index contributed by atoms with van der Waals surface area (Å²) in [5, 5.41) is 18.9. The van der Waals surface area contributed by atoms with Crippen molar-refractivity contribution in [2.45, 2.75) is 0 Å². The van der Waals surface area contributed by atoms with Crippen LogP contribution in [-0.4, -0.2) is 22.2 Å². The van der Waals surface area contributed by atoms with E-state index in [2.05, 4.69) is 0 Å². The van der Waals surface area contributed by atoms with Crippen LogP contribution in [0.15, 0.2) is 30.3 Å². The van der Waals surface area contributed by atoms with Gasteiger partial charge in [-0.2, -0.15) is 0 Å². The van der Waals surface area contributed by atoms with Gasteiger partial charge in [-0.15, -0.1) is 0 Å². The molecule has 86 valence electrons. The summed E-state index contributed by atoms with van der Waals surface area (Å²) in [6.45, 7) is 0. The van der Waals surface area contributed by atoms with Gasteiger partial charge in [0.1, 0.15) is 0 Å². The lowest BCUT2D eigenvalue weighted by molar-refractivity contribution is 0.0687. The van der Waals surface area contributed by atoms with Crippen LogP contribution in [0, 0.1) is 0 Å². The normalized spacial score (nSPS) is 10.4. The van der Waals surface area contributed by atoms with Gasteiger partial charge in [0.05, 0.1) is 11.1 Å². The lowest BCUT2D eigenvalue weighted by atomic mass is 10.0. The van der Waals surface area contributed by atoms with Crippen LogP contribution in [0.1, 0.15) is 20.7 Å². The Labute approximate surface area is 96.1 Å². The first kappa shape index (κ1) is 10.9. The van der Waals surface area contributed by atoms with Crippen LogP contribution >= 0.6 is 0 Å². The number of benzene rings is 2. The number of anilines is 1. The summed E-state index contributed by atoms with van der Waals surface area (Å²) in [4.78, 5) is 21.6. The molecular weight excluding hydrogens is 222 g/mol. The molecule has 0 fully saturated rings. The Morgan fingerprint density at radius 1 is 0.941 bits per heavy atom. The molecule has 5 heteroatoms. The quantitative estimate of drug-likeness (QED) is 0.684. The number of hydrogen-bond acceptors (Lipinski definition) is 3. The first-order valence-corrected chi connectivity index (χ1v) is 4.79. The van der Waals surface area contributed by atoms with E-state index in [0.29, 0.717) is 16.5 Å². The fraction of sp³-hybridized carbons (Fsp3) is 0. The molecule has 5 nitrogen and oxygen atoms in total. The van der Waals surface area contributed by atoms with E-state index in [1.807, 2.05) is 0 Å². The highest BCUT2D eigenvalue weighted by atomic mass is 16.4. The molecular formula is C12H9NO4. The van der Waals surface area contributed by atoms with Crippen molar-refractivity contribution in [3.8, 4) is 0 Å². The van der Waals surface area contributed by atoms with Crippen molar-refractivity contribution in [2.75, 3.05) is 5.73 Å². The van der Waals surface area contributed by atoms with E-state index in [1.165, 1.54) is 24.3 Å². The fourth-order valence-electron chi connectivity index (χ4n) is 1.66. The van der Waals surface area contributed by atoms with Gasteiger partial charge < -0.3 is 15.9 Å². The molecule has 0 atom stereocenters. The van der Waals surface area contributed by atoms with Crippen molar-refractivity contribution in [1.29, 1.82) is 0 Å². The van der Waals surface area contributed by atoms with E-state index in [0.717, 1.165) is 0 Å². The van der Waals surface area contributed by atoms with E-state index < -0.39 is 11.9 Å². The van der Waals surface area contributed by atoms with Gasteiger partial charge in [0, 0.05) is 11.1 Å². The zero-order valence-electron chi connectivity index (χ0n) is 8.68. The van der Waals surface area contributed by atoms with Gasteiger partial charge in [-0.25, -0.2) is 9.59 Å². The molecule has 0 saturated carbocycles. The van der Waals surface area contributed by atoms with Crippen LogP contribution in [0.2, 0.25) is 0 Å². The molecule has 0 aliphatic rings. The van der Waals surface area contributed by atoms with Crippen molar-refractivity contribution in [1.82, 2.24) is 0 Å². The minimum absolute atomic E-state index is 0.0394. The van der Waals surface area contributed by atoms with Crippen LogP contribution in [0.5, 0.6) is 0 Å². The first-order chi connectivity index (χ1) is 7.99. The van der Waals surface area contributed by atoms with Crippen molar-refractivity contribution < 1.29 is 19.8 Å². The van der Waals surface area contributed by atoms with Crippen molar-refractivity contribution in [3.63, 3.8) is 0 Å². The molecule has 0 aliphatic heterocycles. The summed E-state index contributed by atoms with van der Waals surface area (Å²) in [5.74, 6) is -2.16. The second kappa shape index (κ2) is 3.79. The number of fused-ring (bicyclic) bond motifs is 1. The van der Waals surface area contributed by atoms with E-state index >= 15 is 0 Å². The summed E-state index contributed by atoms with van der Waals surface area (Å²) in [7, 11) is 0. The molecule has 0 amide bonds. The molecule has 0 spiro atoms. The highest BCUT2D eigenvalue weighted by Gasteiger charge is 2.09. The average Bonchev–Trinajstić information content (AvgIpc) is 2.27. The second-order valence-electron chi connectivity index (χ2n) is 3.61. The fourth-order valence-corrected chi connectivity index (χ4v) is 1.66. The third-order valence-electron chi connectivity index (χ3n) is 2.48. The van der Waals surface area contributed by atoms with Crippen molar-refractivity contribution in [2.24, 2.45) is 0 Å². The Morgan fingerprint density at radius 3 is 2.12 bits per heavy atom. The molecule has 17 heavy (non-hydrogen) atoms. The molecule has 2 aromatic rings. The Balaban J connectivity index is 2.74. The first-order valence-electron chi connectivity index (χ1n) is 4.79. The molecule has 0 bridgehead atoms. The van der Waals surface area contributed by atoms with Crippen LogP contribution in [-0.2, 0) is 0 Å². The van der Waals surface area contributed by atoms with Crippen molar-refractivity contribution >= 4 is 28.4 Å². The summed E-state index contributed by atoms with van der Waals surface area (Å²) in [6.07, 6.45) is 0. The number of rotatable bonds is 2. The van der Waals surface area contributed by atoms with Gasteiger partial charge in [0.15, 0.2) is 0 Å². The minimum atomic E-state index is -1.10. The monoisotopic (exact) mass is 231 g/mol. The van der Waals surface area contributed by atoms with Gasteiger partial charge in [0.2, 0.25) is 0 Å². The largest absolute Gasteiger partial charge is 0.478 e. The number of carbonyl (C=O) groups is 2. The smallest absolute Gasteiger partial charge is 0.335 e. The van der Waals surface area contributed by atoms with E-state index in [1.54, 1.807) is 6.07 Å². The number of nitrogens with two attached hydrogens (primary N) is 1. The number of nitrogen functional groups attached to an aromatic ring is 1. The van der Waals surface area contributed by atoms with Gasteiger partial charge in [-0.3, -0.25) is 0 Å². The molecule has 0 radical (unpaired) electrons. The molecule has 0 aromatic heterocycles. The lowest BCUT2D eigenvalue weighted by Gasteiger charge is -2.05. The van der Waals surface area contributed by atoms with Gasteiger partial charge >= 0.3 is 11.9 Å².